The van der Waals surface area contributed by atoms with E-state index >= 15 is 0 Å². The van der Waals surface area contributed by atoms with Gasteiger partial charge in [-0.15, -0.1) is 0 Å². The van der Waals surface area contributed by atoms with Gasteiger partial charge in [0.2, 0.25) is 5.91 Å². The first-order valence-electron chi connectivity index (χ1n) is 6.26. The van der Waals surface area contributed by atoms with Gasteiger partial charge in [0.25, 0.3) is 0 Å². The minimum Gasteiger partial charge on any atom is -0.330 e. The maximum Gasteiger partial charge on any atom is 0.225 e. The monoisotopic (exact) mass is 236 g/mol. The Bertz CT molecular complexity index is 384. The van der Waals surface area contributed by atoms with Crippen molar-refractivity contribution >= 4 is 11.7 Å². The number of aromatic nitrogens is 2. The predicted octanol–water partition coefficient (Wildman–Crippen LogP) is 1.53. The van der Waals surface area contributed by atoms with Gasteiger partial charge < -0.3 is 11.1 Å². The van der Waals surface area contributed by atoms with Gasteiger partial charge in [-0.05, 0) is 38.6 Å². The topological polar surface area (TPSA) is 72.9 Å². The number of hydrogen-bond donors (Lipinski definition) is 2. The third-order valence-electron chi connectivity index (χ3n) is 3.24. The Morgan fingerprint density at radius 1 is 1.71 bits per heavy atom. The highest BCUT2D eigenvalue weighted by Gasteiger charge is 2.30. The first kappa shape index (κ1) is 12.1. The van der Waals surface area contributed by atoms with Gasteiger partial charge >= 0.3 is 0 Å². The molecule has 2 rings (SSSR count). The van der Waals surface area contributed by atoms with E-state index in [0.29, 0.717) is 19.0 Å². The van der Waals surface area contributed by atoms with E-state index in [1.54, 1.807) is 6.20 Å². The third kappa shape index (κ3) is 3.06. The second-order valence-corrected chi connectivity index (χ2v) is 4.68. The summed E-state index contributed by atoms with van der Waals surface area (Å²) in [5, 5.41) is 7.18. The fourth-order valence-electron chi connectivity index (χ4n) is 1.98. The molecule has 94 valence electrons. The normalized spacial score (nSPS) is 16.8. The standard InChI is InChI=1S/C12H20N4O/c1-9(10-4-5-10)16-11(6-8-14-16)15-12(17)3-2-7-13/h6,8-10H,2-5,7,13H2,1H3,(H,15,17). The number of carbonyl (C=O) groups excluding carboxylic acids is 1. The summed E-state index contributed by atoms with van der Waals surface area (Å²) in [7, 11) is 0. The van der Waals surface area contributed by atoms with Crippen molar-refractivity contribution in [2.45, 2.75) is 38.6 Å². The van der Waals surface area contributed by atoms with Gasteiger partial charge in [-0.3, -0.25) is 4.79 Å². The summed E-state index contributed by atoms with van der Waals surface area (Å²) in [6.45, 7) is 2.70. The van der Waals surface area contributed by atoms with Crippen LogP contribution in [0.4, 0.5) is 5.82 Å². The molecule has 1 atom stereocenters. The van der Waals surface area contributed by atoms with Crippen molar-refractivity contribution in [2.24, 2.45) is 11.7 Å². The highest BCUT2D eigenvalue weighted by atomic mass is 16.1. The average Bonchev–Trinajstić information content (AvgIpc) is 3.07. The molecule has 1 aromatic rings. The van der Waals surface area contributed by atoms with Crippen molar-refractivity contribution in [1.82, 2.24) is 9.78 Å². The van der Waals surface area contributed by atoms with Crippen LogP contribution in [-0.2, 0) is 4.79 Å². The zero-order valence-corrected chi connectivity index (χ0v) is 10.2. The number of nitrogens with two attached hydrogens (primary N) is 1. The van der Waals surface area contributed by atoms with Crippen LogP contribution < -0.4 is 11.1 Å². The molecule has 0 saturated heterocycles. The SMILES string of the molecule is CC(C1CC1)n1nccc1NC(=O)CCCN. The summed E-state index contributed by atoms with van der Waals surface area (Å²) < 4.78 is 1.91. The molecule has 0 bridgehead atoms. The fraction of sp³-hybridized carbons (Fsp3) is 0.667. The van der Waals surface area contributed by atoms with E-state index in [2.05, 4.69) is 17.3 Å². The molecule has 0 aliphatic heterocycles. The van der Waals surface area contributed by atoms with Crippen LogP contribution in [-0.4, -0.2) is 22.2 Å². The van der Waals surface area contributed by atoms with Crippen LogP contribution in [0.3, 0.4) is 0 Å². The molecule has 1 aromatic heterocycles. The molecule has 1 aliphatic carbocycles. The Morgan fingerprint density at radius 3 is 3.12 bits per heavy atom. The quantitative estimate of drug-likeness (QED) is 0.786. The number of nitrogens with zero attached hydrogens (tertiary/aromatic N) is 2. The molecule has 1 unspecified atom stereocenters. The molecule has 0 aromatic carbocycles. The first-order valence-corrected chi connectivity index (χ1v) is 6.26. The Kier molecular flexibility index (Phi) is 3.78. The Balaban J connectivity index is 1.96. The molecule has 0 radical (unpaired) electrons. The number of hydrogen-bond acceptors (Lipinski definition) is 3. The lowest BCUT2D eigenvalue weighted by Gasteiger charge is -2.15. The van der Waals surface area contributed by atoms with Crippen LogP contribution in [0.2, 0.25) is 0 Å². The summed E-state index contributed by atoms with van der Waals surface area (Å²) in [5.41, 5.74) is 5.38. The molecule has 1 heterocycles. The molecular formula is C12H20N4O. The smallest absolute Gasteiger partial charge is 0.225 e. The van der Waals surface area contributed by atoms with E-state index < -0.39 is 0 Å². The molecule has 5 heteroatoms. The minimum atomic E-state index is 0.0141. The summed E-state index contributed by atoms with van der Waals surface area (Å²) in [5.74, 6) is 1.53. The van der Waals surface area contributed by atoms with Gasteiger partial charge in [-0.25, -0.2) is 4.68 Å². The van der Waals surface area contributed by atoms with Gasteiger partial charge in [0, 0.05) is 12.5 Å². The number of anilines is 1. The summed E-state index contributed by atoms with van der Waals surface area (Å²) in [4.78, 5) is 11.6. The van der Waals surface area contributed by atoms with Crippen molar-refractivity contribution in [2.75, 3.05) is 11.9 Å². The lowest BCUT2D eigenvalue weighted by Crippen LogP contribution is -2.18. The van der Waals surface area contributed by atoms with Crippen LogP contribution >= 0.6 is 0 Å². The van der Waals surface area contributed by atoms with Gasteiger partial charge in [0.15, 0.2) is 0 Å². The van der Waals surface area contributed by atoms with Crippen molar-refractivity contribution in [3.63, 3.8) is 0 Å². The molecule has 5 nitrogen and oxygen atoms in total. The maximum atomic E-state index is 11.6. The number of nitrogens with one attached hydrogen (secondary N) is 1. The van der Waals surface area contributed by atoms with Crippen LogP contribution in [0.25, 0.3) is 0 Å². The third-order valence-corrected chi connectivity index (χ3v) is 3.24. The van der Waals surface area contributed by atoms with Gasteiger partial charge in [0.05, 0.1) is 12.2 Å². The zero-order chi connectivity index (χ0) is 12.3. The lowest BCUT2D eigenvalue weighted by atomic mass is 10.2. The molecule has 1 aliphatic rings. The van der Waals surface area contributed by atoms with E-state index in [9.17, 15) is 4.79 Å². The molecule has 0 spiro atoms. The maximum absolute atomic E-state index is 11.6. The second-order valence-electron chi connectivity index (χ2n) is 4.68. The van der Waals surface area contributed by atoms with Crippen LogP contribution in [0.5, 0.6) is 0 Å². The second kappa shape index (κ2) is 5.31. The average molecular weight is 236 g/mol. The predicted molar refractivity (Wildman–Crippen MR) is 66.6 cm³/mol. The lowest BCUT2D eigenvalue weighted by molar-refractivity contribution is -0.116. The van der Waals surface area contributed by atoms with E-state index in [-0.39, 0.29) is 5.91 Å². The van der Waals surface area contributed by atoms with Crippen LogP contribution in [0.1, 0.15) is 38.6 Å². The number of carbonyl (C=O) groups is 1. The van der Waals surface area contributed by atoms with E-state index in [4.69, 9.17) is 5.73 Å². The van der Waals surface area contributed by atoms with Gasteiger partial charge in [-0.2, -0.15) is 5.10 Å². The Labute approximate surface area is 101 Å². The Hall–Kier alpha value is -1.36. The van der Waals surface area contributed by atoms with Crippen LogP contribution in [0.15, 0.2) is 12.3 Å². The van der Waals surface area contributed by atoms with E-state index in [1.807, 2.05) is 10.7 Å². The first-order chi connectivity index (χ1) is 8.22. The van der Waals surface area contributed by atoms with E-state index in [1.165, 1.54) is 12.8 Å². The van der Waals surface area contributed by atoms with Crippen LogP contribution in [0, 0.1) is 5.92 Å². The largest absolute Gasteiger partial charge is 0.330 e. The van der Waals surface area contributed by atoms with Crippen molar-refractivity contribution < 1.29 is 4.79 Å². The molecule has 17 heavy (non-hydrogen) atoms. The Morgan fingerprint density at radius 2 is 2.47 bits per heavy atom. The molecule has 1 fully saturated rings. The molecule has 3 N–H and O–H groups in total. The highest BCUT2D eigenvalue weighted by Crippen LogP contribution is 2.40. The van der Waals surface area contributed by atoms with Gasteiger partial charge in [0.1, 0.15) is 5.82 Å². The minimum absolute atomic E-state index is 0.0141. The zero-order valence-electron chi connectivity index (χ0n) is 10.2. The molecular weight excluding hydrogens is 216 g/mol. The van der Waals surface area contributed by atoms with Gasteiger partial charge in [-0.1, -0.05) is 0 Å². The van der Waals surface area contributed by atoms with E-state index in [0.717, 1.165) is 18.2 Å². The summed E-state index contributed by atoms with van der Waals surface area (Å²) >= 11 is 0. The number of rotatable bonds is 6. The fourth-order valence-corrected chi connectivity index (χ4v) is 1.98. The summed E-state index contributed by atoms with van der Waals surface area (Å²) in [6.07, 6.45) is 5.46. The van der Waals surface area contributed by atoms with Crippen molar-refractivity contribution in [1.29, 1.82) is 0 Å². The summed E-state index contributed by atoms with van der Waals surface area (Å²) in [6, 6.07) is 2.22. The highest BCUT2D eigenvalue weighted by molar-refractivity contribution is 5.89. The number of amides is 1. The molecule has 1 amide bonds. The van der Waals surface area contributed by atoms with Crippen molar-refractivity contribution in [3.8, 4) is 0 Å². The molecule has 1 saturated carbocycles. The van der Waals surface area contributed by atoms with Crippen molar-refractivity contribution in [3.05, 3.63) is 12.3 Å².